The fourth-order valence-corrected chi connectivity index (χ4v) is 7.05. The first kappa shape index (κ1) is 43.4. The number of ether oxygens (including phenoxy) is 1. The highest BCUT2D eigenvalue weighted by Gasteiger charge is 2.40. The summed E-state index contributed by atoms with van der Waals surface area (Å²) in [6, 6.07) is 30.4. The molecule has 0 fully saturated rings. The quantitative estimate of drug-likeness (QED) is 0.0407. The van der Waals surface area contributed by atoms with Gasteiger partial charge in [-0.2, -0.15) is 8.78 Å². The van der Waals surface area contributed by atoms with Crippen molar-refractivity contribution in [2.45, 2.75) is 44.3 Å². The summed E-state index contributed by atoms with van der Waals surface area (Å²) in [6.45, 7) is 2.29. The van der Waals surface area contributed by atoms with E-state index in [1.165, 1.54) is 24.4 Å². The van der Waals surface area contributed by atoms with Crippen molar-refractivity contribution in [1.29, 1.82) is 0 Å². The predicted octanol–water partition coefficient (Wildman–Crippen LogP) is 7.26. The van der Waals surface area contributed by atoms with Gasteiger partial charge in [-0.25, -0.2) is 18.2 Å². The Bertz CT molecular complexity index is 2380. The van der Waals surface area contributed by atoms with E-state index in [9.17, 15) is 41.1 Å². The number of aromatic nitrogens is 2. The summed E-state index contributed by atoms with van der Waals surface area (Å²) < 4.78 is 78.7. The van der Waals surface area contributed by atoms with Gasteiger partial charge >= 0.3 is 11.8 Å². The first-order valence-electron chi connectivity index (χ1n) is 19.1. The number of imidazole rings is 1. The van der Waals surface area contributed by atoms with Gasteiger partial charge in [-0.05, 0) is 41.2 Å². The van der Waals surface area contributed by atoms with Crippen LogP contribution in [-0.2, 0) is 31.1 Å². The highest BCUT2D eigenvalue weighted by Crippen LogP contribution is 2.41. The minimum atomic E-state index is -1.88. The second-order valence-electron chi connectivity index (χ2n) is 14.5. The van der Waals surface area contributed by atoms with Crippen molar-refractivity contribution < 1.29 is 45.9 Å². The molecule has 0 unspecified atom stereocenters. The molecule has 0 bridgehead atoms. The van der Waals surface area contributed by atoms with E-state index in [1.807, 2.05) is 95.6 Å². The van der Waals surface area contributed by atoms with Crippen LogP contribution in [0.15, 0.2) is 134 Å². The lowest BCUT2D eigenvalue weighted by Gasteiger charge is -2.39. The minimum absolute atomic E-state index is 0.0121. The second kappa shape index (κ2) is 19.3. The first-order valence-corrected chi connectivity index (χ1v) is 19.1. The zero-order chi connectivity index (χ0) is 43.7. The molecule has 1 aromatic heterocycles. The Morgan fingerprint density at radius 2 is 1.20 bits per heavy atom. The smallest absolute Gasteiger partial charge is 0.313 e. The molecule has 6 rings (SSSR count). The number of carbonyl (C=O) groups is 4. The van der Waals surface area contributed by atoms with E-state index in [0.717, 1.165) is 22.8 Å². The summed E-state index contributed by atoms with van der Waals surface area (Å²) >= 11 is 0. The minimum Gasteiger partial charge on any atom is -0.479 e. The van der Waals surface area contributed by atoms with Crippen molar-refractivity contribution in [2.75, 3.05) is 11.9 Å². The Morgan fingerprint density at radius 1 is 0.672 bits per heavy atom. The molecule has 10 nitrogen and oxygen atoms in total. The summed E-state index contributed by atoms with van der Waals surface area (Å²) in [5.74, 6) is -14.3. The molecule has 0 spiro atoms. The van der Waals surface area contributed by atoms with Crippen LogP contribution in [0.25, 0.3) is 0 Å². The lowest BCUT2D eigenvalue weighted by Crippen LogP contribution is -2.55. The predicted molar refractivity (Wildman–Crippen MR) is 216 cm³/mol. The number of para-hydroxylation sites is 1. The van der Waals surface area contributed by atoms with Crippen LogP contribution >= 0.6 is 0 Å². The number of rotatable bonds is 16. The van der Waals surface area contributed by atoms with Crippen molar-refractivity contribution in [3.8, 4) is 5.75 Å². The van der Waals surface area contributed by atoms with Crippen molar-refractivity contribution in [3.05, 3.63) is 185 Å². The summed E-state index contributed by atoms with van der Waals surface area (Å²) in [5.41, 5.74) is 1.30. The number of carbonyl (C=O) groups excluding carboxylic acids is 4. The monoisotopic (exact) mass is 837 g/mol. The SMILES string of the molecule is CC(C)C[C@H](NC(=O)C(=O)Nc1ccccc1F)C(=O)N[C@@H](Cc1cncn1C(c1ccccc1)(c1ccccc1)c1ccccc1)C(=O)COc1c(F)c(F)cc(F)c1F. The number of benzene rings is 5. The van der Waals surface area contributed by atoms with Crippen molar-refractivity contribution in [3.63, 3.8) is 0 Å². The first-order chi connectivity index (χ1) is 29.3. The number of nitrogens with zero attached hydrogens (tertiary/aromatic N) is 2. The van der Waals surface area contributed by atoms with E-state index in [0.29, 0.717) is 5.69 Å². The summed E-state index contributed by atoms with van der Waals surface area (Å²) in [4.78, 5) is 58.7. The number of anilines is 1. The molecule has 5 aromatic carbocycles. The molecule has 61 heavy (non-hydrogen) atoms. The molecule has 3 N–H and O–H groups in total. The van der Waals surface area contributed by atoms with Gasteiger partial charge in [0.05, 0.1) is 18.1 Å². The highest BCUT2D eigenvalue weighted by molar-refractivity contribution is 6.40. The van der Waals surface area contributed by atoms with Crippen LogP contribution in [0.2, 0.25) is 0 Å². The van der Waals surface area contributed by atoms with Crippen LogP contribution in [0.4, 0.5) is 27.6 Å². The number of amides is 3. The maximum atomic E-state index is 14.7. The van der Waals surface area contributed by atoms with Crippen LogP contribution in [-0.4, -0.2) is 51.7 Å². The Hall–Kier alpha value is -7.16. The average Bonchev–Trinajstić information content (AvgIpc) is 3.72. The number of ketones is 1. The fraction of sp³-hybridized carbons (Fsp3) is 0.196. The molecule has 1 heterocycles. The molecule has 0 aliphatic heterocycles. The molecule has 15 heteroatoms. The van der Waals surface area contributed by atoms with Gasteiger partial charge in [0.25, 0.3) is 0 Å². The molecule has 0 saturated carbocycles. The molecule has 2 atom stereocenters. The molecule has 0 aliphatic rings. The van der Waals surface area contributed by atoms with Crippen molar-refractivity contribution in [2.24, 2.45) is 5.92 Å². The topological polar surface area (TPSA) is 131 Å². The number of halogens is 5. The van der Waals surface area contributed by atoms with Crippen LogP contribution in [0.1, 0.15) is 42.7 Å². The molecule has 0 aliphatic carbocycles. The normalized spacial score (nSPS) is 12.3. The van der Waals surface area contributed by atoms with Gasteiger partial charge in [0, 0.05) is 24.4 Å². The zero-order valence-electron chi connectivity index (χ0n) is 32.9. The Kier molecular flexibility index (Phi) is 13.7. The van der Waals surface area contributed by atoms with Crippen LogP contribution in [0, 0.1) is 35.0 Å². The molecule has 0 saturated heterocycles. The van der Waals surface area contributed by atoms with E-state index >= 15 is 0 Å². The van der Waals surface area contributed by atoms with Crippen molar-refractivity contribution in [1.82, 2.24) is 20.2 Å². The number of nitrogens with one attached hydrogen (secondary N) is 3. The molecule has 314 valence electrons. The van der Waals surface area contributed by atoms with Gasteiger partial charge in [0.2, 0.25) is 17.5 Å². The molecular formula is C46H40F5N5O5. The Balaban J connectivity index is 1.39. The Morgan fingerprint density at radius 3 is 1.72 bits per heavy atom. The lowest BCUT2D eigenvalue weighted by atomic mass is 9.76. The van der Waals surface area contributed by atoms with Crippen molar-refractivity contribution >= 4 is 29.2 Å². The van der Waals surface area contributed by atoms with Gasteiger partial charge < -0.3 is 25.3 Å². The third kappa shape index (κ3) is 9.67. The van der Waals surface area contributed by atoms with Gasteiger partial charge in [0.15, 0.2) is 23.2 Å². The summed E-state index contributed by atoms with van der Waals surface area (Å²) in [5, 5.41) is 7.10. The van der Waals surface area contributed by atoms with E-state index in [1.54, 1.807) is 20.2 Å². The second-order valence-corrected chi connectivity index (χ2v) is 14.5. The highest BCUT2D eigenvalue weighted by atomic mass is 19.2. The fourth-order valence-electron chi connectivity index (χ4n) is 7.05. The largest absolute Gasteiger partial charge is 0.479 e. The summed E-state index contributed by atoms with van der Waals surface area (Å²) in [6.07, 6.45) is 2.63. The van der Waals surface area contributed by atoms with Gasteiger partial charge in [-0.1, -0.05) is 117 Å². The third-order valence-electron chi connectivity index (χ3n) is 9.86. The Labute approximate surface area is 347 Å². The number of Topliss-reactive ketones (excluding diaryl/α,β-unsaturated/α-hetero) is 1. The van der Waals surface area contributed by atoms with Gasteiger partial charge in [-0.3, -0.25) is 19.2 Å². The van der Waals surface area contributed by atoms with Crippen LogP contribution < -0.4 is 20.7 Å². The van der Waals surface area contributed by atoms with Crippen LogP contribution in [0.5, 0.6) is 5.75 Å². The standard InChI is InChI=1S/C46H40F5N5O5/c1-28(2)22-38(55-45(60)44(59)53-36-21-13-12-20-33(36)47)43(58)54-37(39(57)26-61-42-40(50)34(48)24-35(49)41(42)51)23-32-25-52-27-56(32)46(29-14-6-3-7-15-29,30-16-8-4-9-17-30)31-18-10-5-11-19-31/h3-21,24-25,27-28,37-38H,22-23,26H2,1-2H3,(H,53,59)(H,54,58)(H,55,60)/t37-,38-/m0/s1. The maximum Gasteiger partial charge on any atom is 0.313 e. The molecule has 0 radical (unpaired) electrons. The van der Waals surface area contributed by atoms with E-state index in [-0.39, 0.29) is 30.5 Å². The van der Waals surface area contributed by atoms with E-state index in [2.05, 4.69) is 20.9 Å². The molecule has 6 aromatic rings. The molecular weight excluding hydrogens is 798 g/mol. The molecule has 3 amide bonds. The third-order valence-corrected chi connectivity index (χ3v) is 9.86. The van der Waals surface area contributed by atoms with Crippen LogP contribution in [0.3, 0.4) is 0 Å². The van der Waals surface area contributed by atoms with E-state index in [4.69, 9.17) is 4.74 Å². The van der Waals surface area contributed by atoms with E-state index < -0.39 is 82.6 Å². The lowest BCUT2D eigenvalue weighted by molar-refractivity contribution is -0.138. The van der Waals surface area contributed by atoms with Gasteiger partial charge in [-0.15, -0.1) is 0 Å². The maximum absolute atomic E-state index is 14.7. The average molecular weight is 838 g/mol. The summed E-state index contributed by atoms with van der Waals surface area (Å²) in [7, 11) is 0. The zero-order valence-corrected chi connectivity index (χ0v) is 32.9. The number of hydrogen-bond donors (Lipinski definition) is 3. The number of hydrogen-bond acceptors (Lipinski definition) is 6. The van der Waals surface area contributed by atoms with Gasteiger partial charge in [0.1, 0.15) is 24.0 Å².